The largest absolute Gasteiger partial charge is 0.343 e. The van der Waals surface area contributed by atoms with Gasteiger partial charge in [-0.2, -0.15) is 8.42 Å². The summed E-state index contributed by atoms with van der Waals surface area (Å²) in [6, 6.07) is 0. The second kappa shape index (κ2) is 2.98. The van der Waals surface area contributed by atoms with Crippen LogP contribution in [0.4, 0.5) is 0 Å². The van der Waals surface area contributed by atoms with Crippen molar-refractivity contribution in [2.75, 3.05) is 12.6 Å². The van der Waals surface area contributed by atoms with E-state index in [0.29, 0.717) is 0 Å². The van der Waals surface area contributed by atoms with E-state index in [9.17, 15) is 13.0 Å². The molecule has 0 radical (unpaired) electrons. The van der Waals surface area contributed by atoms with Crippen LogP contribution in [0, 0.1) is 0 Å². The van der Waals surface area contributed by atoms with Crippen molar-refractivity contribution in [3.8, 4) is 0 Å². The Kier molecular flexibility index (Phi) is 3.00. The molecule has 0 unspecified atom stereocenters. The lowest BCUT2D eigenvalue weighted by atomic mass is 11.8. The molecule has 0 atom stereocenters. The van der Waals surface area contributed by atoms with Crippen molar-refractivity contribution >= 4 is 17.7 Å². The SMILES string of the molecule is COS(=O)(=O)CP(=O)(O)O. The summed E-state index contributed by atoms with van der Waals surface area (Å²) < 4.78 is 34.4. The molecule has 8 heteroatoms. The Bertz CT molecular complexity index is 234. The predicted octanol–water partition coefficient (Wildman–Crippen LogP) is -0.902. The van der Waals surface area contributed by atoms with Gasteiger partial charge in [-0.3, -0.25) is 8.75 Å². The van der Waals surface area contributed by atoms with Crippen molar-refractivity contribution in [1.29, 1.82) is 0 Å². The van der Waals surface area contributed by atoms with E-state index < -0.39 is 23.2 Å². The molecule has 0 aliphatic carbocycles. The Hall–Kier alpha value is 0.0600. The minimum Gasteiger partial charge on any atom is -0.324 e. The summed E-state index contributed by atoms with van der Waals surface area (Å²) in [5.74, 6) is 0. The predicted molar refractivity (Wildman–Crippen MR) is 32.8 cm³/mol. The molecule has 0 bridgehead atoms. The molecule has 0 saturated heterocycles. The Balaban J connectivity index is 4.33. The van der Waals surface area contributed by atoms with E-state index in [1.807, 2.05) is 0 Å². The fourth-order valence-electron chi connectivity index (χ4n) is 0.259. The summed E-state index contributed by atoms with van der Waals surface area (Å²) in [5, 5.41) is 0. The van der Waals surface area contributed by atoms with Gasteiger partial charge in [0.05, 0.1) is 7.11 Å². The molecule has 0 aromatic rings. The first kappa shape index (κ1) is 10.1. The van der Waals surface area contributed by atoms with E-state index in [0.717, 1.165) is 7.11 Å². The quantitative estimate of drug-likeness (QED) is 0.441. The standard InChI is InChI=1S/C2H7O6PS/c1-8-10(6,7)2-9(3,4)5/h2H2,1H3,(H2,3,4,5). The monoisotopic (exact) mass is 190 g/mol. The van der Waals surface area contributed by atoms with Crippen LogP contribution in [-0.2, 0) is 18.9 Å². The third kappa shape index (κ3) is 4.89. The third-order valence-corrected chi connectivity index (χ3v) is 3.70. The molecule has 6 nitrogen and oxygen atoms in total. The molecule has 10 heavy (non-hydrogen) atoms. The molecule has 0 aromatic heterocycles. The lowest BCUT2D eigenvalue weighted by Gasteiger charge is -2.01. The minimum atomic E-state index is -4.52. The molecule has 0 saturated carbocycles. The molecule has 0 aliphatic rings. The zero-order valence-corrected chi connectivity index (χ0v) is 6.80. The maximum absolute atomic E-state index is 10.3. The van der Waals surface area contributed by atoms with Crippen molar-refractivity contribution in [2.24, 2.45) is 0 Å². The lowest BCUT2D eigenvalue weighted by molar-refractivity contribution is 0.369. The molecule has 0 aromatic carbocycles. The van der Waals surface area contributed by atoms with Gasteiger partial charge in [-0.05, 0) is 0 Å². The van der Waals surface area contributed by atoms with Crippen LogP contribution in [0.25, 0.3) is 0 Å². The van der Waals surface area contributed by atoms with Gasteiger partial charge in [0.25, 0.3) is 10.1 Å². The second-order valence-electron chi connectivity index (χ2n) is 1.52. The summed E-state index contributed by atoms with van der Waals surface area (Å²) in [4.78, 5) is 16.3. The number of rotatable bonds is 3. The average molecular weight is 190 g/mol. The summed E-state index contributed by atoms with van der Waals surface area (Å²) in [6.45, 7) is 0. The lowest BCUT2D eigenvalue weighted by Crippen LogP contribution is -2.07. The first-order valence-corrected chi connectivity index (χ1v) is 5.47. The van der Waals surface area contributed by atoms with E-state index in [-0.39, 0.29) is 0 Å². The molecule has 0 spiro atoms. The number of hydrogen-bond acceptors (Lipinski definition) is 4. The average Bonchev–Trinajstić information content (AvgIpc) is 1.60. The summed E-state index contributed by atoms with van der Waals surface area (Å²) in [7, 11) is -7.72. The van der Waals surface area contributed by atoms with Gasteiger partial charge in [-0.15, -0.1) is 0 Å². The zero-order chi connectivity index (χ0) is 8.41. The van der Waals surface area contributed by atoms with Gasteiger partial charge in [0, 0.05) is 0 Å². The first-order valence-electron chi connectivity index (χ1n) is 2.10. The van der Waals surface area contributed by atoms with E-state index in [2.05, 4.69) is 4.18 Å². The van der Waals surface area contributed by atoms with Crippen LogP contribution in [0.2, 0.25) is 0 Å². The van der Waals surface area contributed by atoms with Gasteiger partial charge in [0.1, 0.15) is 0 Å². The smallest absolute Gasteiger partial charge is 0.324 e. The van der Waals surface area contributed by atoms with Gasteiger partial charge in [0.2, 0.25) is 0 Å². The van der Waals surface area contributed by atoms with Gasteiger partial charge < -0.3 is 9.79 Å². The van der Waals surface area contributed by atoms with Crippen LogP contribution in [0.1, 0.15) is 0 Å². The Morgan fingerprint density at radius 2 is 1.90 bits per heavy atom. The van der Waals surface area contributed by atoms with Gasteiger partial charge in [-0.25, -0.2) is 0 Å². The summed E-state index contributed by atoms with van der Waals surface area (Å²) >= 11 is 0. The highest BCUT2D eigenvalue weighted by Crippen LogP contribution is 2.35. The van der Waals surface area contributed by atoms with E-state index in [1.54, 1.807) is 0 Å². The van der Waals surface area contributed by atoms with Crippen molar-refractivity contribution in [2.45, 2.75) is 0 Å². The highest BCUT2D eigenvalue weighted by molar-refractivity contribution is 7.93. The molecular weight excluding hydrogens is 183 g/mol. The fraction of sp³-hybridized carbons (Fsp3) is 1.00. The molecule has 0 fully saturated rings. The third-order valence-electron chi connectivity index (χ3n) is 0.580. The first-order chi connectivity index (χ1) is 4.27. The van der Waals surface area contributed by atoms with Crippen LogP contribution in [0.3, 0.4) is 0 Å². The van der Waals surface area contributed by atoms with Gasteiger partial charge >= 0.3 is 7.60 Å². The van der Waals surface area contributed by atoms with Gasteiger partial charge in [-0.1, -0.05) is 0 Å². The van der Waals surface area contributed by atoms with E-state index >= 15 is 0 Å². The van der Waals surface area contributed by atoms with Crippen LogP contribution < -0.4 is 0 Å². The zero-order valence-electron chi connectivity index (χ0n) is 5.09. The second-order valence-corrected chi connectivity index (χ2v) is 5.33. The molecule has 0 rings (SSSR count). The summed E-state index contributed by atoms with van der Waals surface area (Å²) in [6.07, 6.45) is 0. The fourth-order valence-corrected chi connectivity index (χ4v) is 2.33. The number of hydrogen-bond donors (Lipinski definition) is 2. The van der Waals surface area contributed by atoms with Gasteiger partial charge in [0.15, 0.2) is 5.49 Å². The molecule has 0 aliphatic heterocycles. The van der Waals surface area contributed by atoms with Crippen molar-refractivity contribution in [3.05, 3.63) is 0 Å². The van der Waals surface area contributed by atoms with Crippen LogP contribution >= 0.6 is 7.60 Å². The highest BCUT2D eigenvalue weighted by Gasteiger charge is 2.24. The van der Waals surface area contributed by atoms with Crippen LogP contribution in [0.15, 0.2) is 0 Å². The Morgan fingerprint density at radius 1 is 1.50 bits per heavy atom. The molecule has 0 heterocycles. The Labute approximate surface area is 58.1 Å². The molecule has 0 amide bonds. The van der Waals surface area contributed by atoms with E-state index in [1.165, 1.54) is 0 Å². The van der Waals surface area contributed by atoms with E-state index in [4.69, 9.17) is 9.79 Å². The van der Waals surface area contributed by atoms with Crippen molar-refractivity contribution in [3.63, 3.8) is 0 Å². The minimum absolute atomic E-state index is 0.838. The maximum Gasteiger partial charge on any atom is 0.343 e. The highest BCUT2D eigenvalue weighted by atomic mass is 32.2. The molecule has 2 N–H and O–H groups in total. The normalized spacial score (nSPS) is 13.5. The van der Waals surface area contributed by atoms with Crippen molar-refractivity contribution < 1.29 is 27.0 Å². The topological polar surface area (TPSA) is 101 Å². The van der Waals surface area contributed by atoms with Crippen LogP contribution in [0.5, 0.6) is 0 Å². The van der Waals surface area contributed by atoms with Crippen LogP contribution in [-0.4, -0.2) is 30.8 Å². The molecule has 62 valence electrons. The molecular formula is C2H7O6PS. The Morgan fingerprint density at radius 3 is 2.00 bits per heavy atom. The maximum atomic E-state index is 10.3. The summed E-state index contributed by atoms with van der Waals surface area (Å²) in [5.41, 5.74) is -1.27. The van der Waals surface area contributed by atoms with Crippen molar-refractivity contribution in [1.82, 2.24) is 0 Å².